The van der Waals surface area contributed by atoms with E-state index >= 15 is 0 Å². The van der Waals surface area contributed by atoms with Gasteiger partial charge in [-0.05, 0) is 37.5 Å². The third-order valence-electron chi connectivity index (χ3n) is 3.70. The van der Waals surface area contributed by atoms with Crippen molar-refractivity contribution in [1.29, 1.82) is 0 Å². The fourth-order valence-corrected chi connectivity index (χ4v) is 2.63. The Hall–Kier alpha value is -0.590. The minimum absolute atomic E-state index is 0.158. The summed E-state index contributed by atoms with van der Waals surface area (Å²) >= 11 is 0. The summed E-state index contributed by atoms with van der Waals surface area (Å²) in [4.78, 5) is 11.7. The zero-order valence-corrected chi connectivity index (χ0v) is 10.1. The zero-order chi connectivity index (χ0) is 10.9. The van der Waals surface area contributed by atoms with Gasteiger partial charge in [-0.3, -0.25) is 4.79 Å². The first-order valence-corrected chi connectivity index (χ1v) is 5.67. The van der Waals surface area contributed by atoms with Gasteiger partial charge >= 0.3 is 0 Å². The maximum Gasteiger partial charge on any atom is 0.156 e. The number of Topliss-reactive ketones (excluding diaryl/α,β-unsaturated/α-hetero) is 1. The Kier molecular flexibility index (Phi) is 3.18. The molecule has 0 saturated heterocycles. The van der Waals surface area contributed by atoms with E-state index in [9.17, 15) is 4.79 Å². The normalized spacial score (nSPS) is 27.6. The lowest BCUT2D eigenvalue weighted by Crippen LogP contribution is -2.19. The Labute approximate surface area is 87.6 Å². The van der Waals surface area contributed by atoms with Crippen LogP contribution in [0.15, 0.2) is 11.1 Å². The van der Waals surface area contributed by atoms with Crippen LogP contribution in [-0.4, -0.2) is 5.78 Å². The topological polar surface area (TPSA) is 17.1 Å². The molecule has 14 heavy (non-hydrogen) atoms. The van der Waals surface area contributed by atoms with E-state index in [0.29, 0.717) is 5.92 Å². The second kappa shape index (κ2) is 3.88. The monoisotopic (exact) mass is 194 g/mol. The van der Waals surface area contributed by atoms with Crippen LogP contribution in [0, 0.1) is 11.3 Å². The average Bonchev–Trinajstić information content (AvgIpc) is 2.44. The number of hydrogen-bond acceptors (Lipinski definition) is 1. The van der Waals surface area contributed by atoms with Gasteiger partial charge in [0.05, 0.1) is 0 Å². The van der Waals surface area contributed by atoms with Crippen molar-refractivity contribution in [2.24, 2.45) is 11.3 Å². The van der Waals surface area contributed by atoms with Gasteiger partial charge in [0.15, 0.2) is 5.78 Å². The molecular weight excluding hydrogens is 172 g/mol. The van der Waals surface area contributed by atoms with E-state index in [1.165, 1.54) is 5.57 Å². The summed E-state index contributed by atoms with van der Waals surface area (Å²) in [5.74, 6) is 0.817. The third kappa shape index (κ3) is 1.77. The number of hydrogen-bond donors (Lipinski definition) is 0. The van der Waals surface area contributed by atoms with Gasteiger partial charge in [0.1, 0.15) is 0 Å². The predicted octanol–water partition coefficient (Wildman–Crippen LogP) is 3.74. The van der Waals surface area contributed by atoms with Crippen molar-refractivity contribution in [1.82, 2.24) is 0 Å². The molecule has 1 heteroatoms. The van der Waals surface area contributed by atoms with Crippen molar-refractivity contribution in [2.75, 3.05) is 0 Å². The van der Waals surface area contributed by atoms with Gasteiger partial charge in [-0.1, -0.05) is 33.3 Å². The first kappa shape index (κ1) is 11.5. The fourth-order valence-electron chi connectivity index (χ4n) is 2.63. The van der Waals surface area contributed by atoms with Gasteiger partial charge in [0.2, 0.25) is 0 Å². The molecule has 1 unspecified atom stereocenters. The minimum Gasteiger partial charge on any atom is -0.295 e. The highest BCUT2D eigenvalue weighted by molar-refractivity contribution is 5.96. The lowest BCUT2D eigenvalue weighted by molar-refractivity contribution is -0.114. The van der Waals surface area contributed by atoms with Crippen LogP contribution in [0.1, 0.15) is 53.9 Å². The van der Waals surface area contributed by atoms with Crippen LogP contribution in [0.4, 0.5) is 0 Å². The van der Waals surface area contributed by atoms with Gasteiger partial charge in [0.25, 0.3) is 0 Å². The highest BCUT2D eigenvalue weighted by Crippen LogP contribution is 2.47. The maximum absolute atomic E-state index is 11.7. The van der Waals surface area contributed by atoms with E-state index in [1.807, 2.05) is 0 Å². The Balaban J connectivity index is 3.15. The quantitative estimate of drug-likeness (QED) is 0.669. The first-order valence-electron chi connectivity index (χ1n) is 5.67. The SMILES string of the molecule is CCC1(C)CCC(C(C)C)=C1C(C)=O. The largest absolute Gasteiger partial charge is 0.295 e. The lowest BCUT2D eigenvalue weighted by Gasteiger charge is -2.25. The number of carbonyl (C=O) groups excluding carboxylic acids is 1. The summed E-state index contributed by atoms with van der Waals surface area (Å²) in [6, 6.07) is 0. The van der Waals surface area contributed by atoms with Gasteiger partial charge in [-0.15, -0.1) is 0 Å². The molecular formula is C13H22O. The molecule has 0 aromatic rings. The summed E-state index contributed by atoms with van der Waals surface area (Å²) in [7, 11) is 0. The Morgan fingerprint density at radius 2 is 2.07 bits per heavy atom. The molecule has 0 fully saturated rings. The summed E-state index contributed by atoms with van der Waals surface area (Å²) < 4.78 is 0. The molecule has 0 N–H and O–H groups in total. The second-order valence-corrected chi connectivity index (χ2v) is 5.03. The first-order chi connectivity index (χ1) is 6.42. The molecule has 0 heterocycles. The Bertz CT molecular complexity index is 273. The van der Waals surface area contributed by atoms with Crippen LogP contribution in [-0.2, 0) is 4.79 Å². The molecule has 1 nitrogen and oxygen atoms in total. The molecule has 1 rings (SSSR count). The van der Waals surface area contributed by atoms with Gasteiger partial charge < -0.3 is 0 Å². The number of ketones is 1. The second-order valence-electron chi connectivity index (χ2n) is 5.03. The number of rotatable bonds is 3. The van der Waals surface area contributed by atoms with Gasteiger partial charge in [0, 0.05) is 5.57 Å². The van der Waals surface area contributed by atoms with Crippen LogP contribution in [0.25, 0.3) is 0 Å². The molecule has 0 amide bonds. The molecule has 1 aliphatic rings. The third-order valence-corrected chi connectivity index (χ3v) is 3.70. The molecule has 1 atom stereocenters. The standard InChI is InChI=1S/C13H22O/c1-6-13(5)8-7-11(9(2)3)12(13)10(4)14/h9H,6-8H2,1-5H3. The molecule has 0 saturated carbocycles. The van der Waals surface area contributed by atoms with Crippen LogP contribution < -0.4 is 0 Å². The molecule has 1 aliphatic carbocycles. The van der Waals surface area contributed by atoms with Crippen molar-refractivity contribution in [2.45, 2.75) is 53.9 Å². The van der Waals surface area contributed by atoms with E-state index in [4.69, 9.17) is 0 Å². The van der Waals surface area contributed by atoms with E-state index in [0.717, 1.165) is 24.8 Å². The van der Waals surface area contributed by atoms with Crippen LogP contribution in [0.2, 0.25) is 0 Å². The van der Waals surface area contributed by atoms with Crippen molar-refractivity contribution in [3.8, 4) is 0 Å². The molecule has 0 aromatic carbocycles. The average molecular weight is 194 g/mol. The summed E-state index contributed by atoms with van der Waals surface area (Å²) in [6.45, 7) is 10.5. The minimum atomic E-state index is 0.158. The van der Waals surface area contributed by atoms with Crippen LogP contribution in [0.3, 0.4) is 0 Å². The number of allylic oxidation sites excluding steroid dienone is 2. The summed E-state index contributed by atoms with van der Waals surface area (Å²) in [6.07, 6.45) is 3.36. The van der Waals surface area contributed by atoms with Crippen molar-refractivity contribution in [3.63, 3.8) is 0 Å². The molecule has 0 aliphatic heterocycles. The highest BCUT2D eigenvalue weighted by atomic mass is 16.1. The molecule has 0 spiro atoms. The van der Waals surface area contributed by atoms with E-state index < -0.39 is 0 Å². The van der Waals surface area contributed by atoms with Gasteiger partial charge in [-0.2, -0.15) is 0 Å². The maximum atomic E-state index is 11.7. The van der Waals surface area contributed by atoms with Crippen LogP contribution in [0.5, 0.6) is 0 Å². The predicted molar refractivity (Wildman–Crippen MR) is 60.2 cm³/mol. The molecule has 0 aromatic heterocycles. The highest BCUT2D eigenvalue weighted by Gasteiger charge is 2.37. The van der Waals surface area contributed by atoms with E-state index in [-0.39, 0.29) is 11.2 Å². The van der Waals surface area contributed by atoms with E-state index in [2.05, 4.69) is 27.7 Å². The smallest absolute Gasteiger partial charge is 0.156 e. The Morgan fingerprint density at radius 3 is 2.43 bits per heavy atom. The van der Waals surface area contributed by atoms with E-state index in [1.54, 1.807) is 6.92 Å². The fraction of sp³-hybridized carbons (Fsp3) is 0.769. The summed E-state index contributed by atoms with van der Waals surface area (Å²) in [5.41, 5.74) is 2.70. The molecule has 0 radical (unpaired) electrons. The lowest BCUT2D eigenvalue weighted by atomic mass is 9.78. The van der Waals surface area contributed by atoms with Crippen LogP contribution >= 0.6 is 0 Å². The summed E-state index contributed by atoms with van der Waals surface area (Å²) in [5, 5.41) is 0. The number of carbonyl (C=O) groups is 1. The van der Waals surface area contributed by atoms with Crippen molar-refractivity contribution >= 4 is 5.78 Å². The van der Waals surface area contributed by atoms with Crippen molar-refractivity contribution < 1.29 is 4.79 Å². The molecule has 80 valence electrons. The Morgan fingerprint density at radius 1 is 1.50 bits per heavy atom. The zero-order valence-electron chi connectivity index (χ0n) is 10.1. The molecule has 0 bridgehead atoms. The van der Waals surface area contributed by atoms with Gasteiger partial charge in [-0.25, -0.2) is 0 Å². The van der Waals surface area contributed by atoms with Crippen molar-refractivity contribution in [3.05, 3.63) is 11.1 Å².